The van der Waals surface area contributed by atoms with Crippen molar-refractivity contribution in [2.24, 2.45) is 0 Å². The Kier molecular flexibility index (Phi) is 5.93. The van der Waals surface area contributed by atoms with E-state index in [4.69, 9.17) is 0 Å². The first-order valence-corrected chi connectivity index (χ1v) is 9.15. The molecule has 0 saturated heterocycles. The molecule has 2 N–H and O–H groups in total. The van der Waals surface area contributed by atoms with Crippen LogP contribution in [0.15, 0.2) is 24.3 Å². The van der Waals surface area contributed by atoms with Crippen LogP contribution in [0.25, 0.3) is 0 Å². The molecular weight excluding hydrogens is 296 g/mol. The van der Waals surface area contributed by atoms with Crippen molar-refractivity contribution in [3.05, 3.63) is 57.6 Å². The predicted molar refractivity (Wildman–Crippen MR) is 101 cm³/mol. The van der Waals surface area contributed by atoms with Crippen LogP contribution in [0.3, 0.4) is 0 Å². The van der Waals surface area contributed by atoms with Gasteiger partial charge in [0.05, 0.1) is 0 Å². The molecule has 0 aliphatic heterocycles. The minimum absolute atomic E-state index is 0.234. The average molecular weight is 326 g/mol. The van der Waals surface area contributed by atoms with Gasteiger partial charge in [-0.2, -0.15) is 0 Å². The van der Waals surface area contributed by atoms with Gasteiger partial charge in [-0.05, 0) is 59.1 Å². The standard InChI is InChI=1S/C22H30O2/c1-6-15-10-19(11-16(7-2)21(15)23)14(5)20-12-17(8-3)22(24)18(9-4)13-20/h10-14,23-24H,6-9H2,1-5H3. The number of benzene rings is 2. The van der Waals surface area contributed by atoms with Crippen molar-refractivity contribution in [2.75, 3.05) is 0 Å². The molecule has 0 aromatic heterocycles. The summed E-state index contributed by atoms with van der Waals surface area (Å²) in [7, 11) is 0. The molecular formula is C22H30O2. The summed E-state index contributed by atoms with van der Waals surface area (Å²) in [6, 6.07) is 8.51. The van der Waals surface area contributed by atoms with Crippen molar-refractivity contribution in [1.82, 2.24) is 0 Å². The Morgan fingerprint density at radius 2 is 0.875 bits per heavy atom. The number of aryl methyl sites for hydroxylation is 4. The zero-order valence-corrected chi connectivity index (χ0v) is 15.6. The normalized spacial score (nSPS) is 11.2. The Labute approximate surface area is 146 Å². The van der Waals surface area contributed by atoms with Crippen LogP contribution < -0.4 is 0 Å². The van der Waals surface area contributed by atoms with Crippen LogP contribution >= 0.6 is 0 Å². The monoisotopic (exact) mass is 326 g/mol. The van der Waals surface area contributed by atoms with E-state index in [0.717, 1.165) is 47.9 Å². The van der Waals surface area contributed by atoms with Crippen LogP contribution in [-0.2, 0) is 25.7 Å². The van der Waals surface area contributed by atoms with Crippen molar-refractivity contribution < 1.29 is 10.2 Å². The minimum atomic E-state index is 0.234. The van der Waals surface area contributed by atoms with E-state index in [1.54, 1.807) is 0 Å². The topological polar surface area (TPSA) is 40.5 Å². The van der Waals surface area contributed by atoms with E-state index < -0.39 is 0 Å². The van der Waals surface area contributed by atoms with Gasteiger partial charge in [-0.3, -0.25) is 0 Å². The Bertz CT molecular complexity index is 604. The molecule has 0 fully saturated rings. The second-order valence-corrected chi connectivity index (χ2v) is 6.51. The summed E-state index contributed by atoms with van der Waals surface area (Å²) in [5.74, 6) is 1.13. The fraction of sp³-hybridized carbons (Fsp3) is 0.455. The summed E-state index contributed by atoms with van der Waals surface area (Å²) >= 11 is 0. The summed E-state index contributed by atoms with van der Waals surface area (Å²) in [5.41, 5.74) is 6.53. The maximum atomic E-state index is 10.3. The first-order valence-electron chi connectivity index (χ1n) is 9.15. The van der Waals surface area contributed by atoms with Crippen molar-refractivity contribution in [1.29, 1.82) is 0 Å². The summed E-state index contributed by atoms with van der Waals surface area (Å²) in [4.78, 5) is 0. The molecule has 2 nitrogen and oxygen atoms in total. The molecule has 2 aromatic carbocycles. The van der Waals surface area contributed by atoms with E-state index in [-0.39, 0.29) is 5.92 Å². The van der Waals surface area contributed by atoms with E-state index >= 15 is 0 Å². The van der Waals surface area contributed by atoms with Gasteiger partial charge >= 0.3 is 0 Å². The Morgan fingerprint density at radius 1 is 0.625 bits per heavy atom. The molecule has 0 unspecified atom stereocenters. The van der Waals surface area contributed by atoms with Gasteiger partial charge in [-0.25, -0.2) is 0 Å². The fourth-order valence-corrected chi connectivity index (χ4v) is 3.34. The minimum Gasteiger partial charge on any atom is -0.507 e. The summed E-state index contributed by atoms with van der Waals surface area (Å²) in [6.07, 6.45) is 3.32. The van der Waals surface area contributed by atoms with E-state index in [1.165, 1.54) is 11.1 Å². The van der Waals surface area contributed by atoms with Crippen molar-refractivity contribution in [3.8, 4) is 11.5 Å². The second kappa shape index (κ2) is 7.74. The van der Waals surface area contributed by atoms with Gasteiger partial charge in [-0.15, -0.1) is 0 Å². The Morgan fingerprint density at radius 3 is 1.08 bits per heavy atom. The lowest BCUT2D eigenvalue weighted by molar-refractivity contribution is 0.462. The molecule has 0 spiro atoms. The molecule has 0 aliphatic rings. The lowest BCUT2D eigenvalue weighted by Gasteiger charge is -2.19. The van der Waals surface area contributed by atoms with Gasteiger partial charge in [0.25, 0.3) is 0 Å². The largest absolute Gasteiger partial charge is 0.507 e. The van der Waals surface area contributed by atoms with E-state index in [0.29, 0.717) is 11.5 Å². The third-order valence-electron chi connectivity index (χ3n) is 5.10. The van der Waals surface area contributed by atoms with Gasteiger partial charge in [0.2, 0.25) is 0 Å². The summed E-state index contributed by atoms with van der Waals surface area (Å²) in [6.45, 7) is 10.5. The molecule has 2 heteroatoms. The molecule has 24 heavy (non-hydrogen) atoms. The molecule has 0 aliphatic carbocycles. The van der Waals surface area contributed by atoms with Gasteiger partial charge in [-0.1, -0.05) is 58.9 Å². The number of phenols is 2. The lowest BCUT2D eigenvalue weighted by Crippen LogP contribution is -2.02. The maximum Gasteiger partial charge on any atom is 0.121 e. The smallest absolute Gasteiger partial charge is 0.121 e. The highest BCUT2D eigenvalue weighted by Gasteiger charge is 2.16. The quantitative estimate of drug-likeness (QED) is 0.736. The van der Waals surface area contributed by atoms with Gasteiger partial charge in [0.15, 0.2) is 0 Å². The number of rotatable bonds is 6. The first kappa shape index (κ1) is 18.4. The highest BCUT2D eigenvalue weighted by atomic mass is 16.3. The van der Waals surface area contributed by atoms with Crippen LogP contribution in [0.5, 0.6) is 11.5 Å². The molecule has 0 saturated carbocycles. The molecule has 130 valence electrons. The highest BCUT2D eigenvalue weighted by molar-refractivity contribution is 5.50. The second-order valence-electron chi connectivity index (χ2n) is 6.51. The van der Waals surface area contributed by atoms with Crippen LogP contribution in [0.4, 0.5) is 0 Å². The first-order chi connectivity index (χ1) is 11.5. The Balaban J connectivity index is 2.54. The molecule has 0 amide bonds. The lowest BCUT2D eigenvalue weighted by atomic mass is 9.86. The molecule has 0 radical (unpaired) electrons. The molecule has 0 atom stereocenters. The van der Waals surface area contributed by atoms with Crippen molar-refractivity contribution in [2.45, 2.75) is 66.2 Å². The third-order valence-corrected chi connectivity index (χ3v) is 5.10. The number of hydrogen-bond donors (Lipinski definition) is 2. The van der Waals surface area contributed by atoms with Gasteiger partial charge < -0.3 is 10.2 Å². The van der Waals surface area contributed by atoms with E-state index in [1.807, 2.05) is 0 Å². The number of aromatic hydroxyl groups is 2. The van der Waals surface area contributed by atoms with E-state index in [2.05, 4.69) is 58.9 Å². The molecule has 0 bridgehead atoms. The zero-order chi connectivity index (χ0) is 17.9. The fourth-order valence-electron chi connectivity index (χ4n) is 3.34. The van der Waals surface area contributed by atoms with Crippen molar-refractivity contribution >= 4 is 0 Å². The molecule has 2 aromatic rings. The number of phenolic OH excluding ortho intramolecular Hbond substituents is 2. The zero-order valence-electron chi connectivity index (χ0n) is 15.6. The average Bonchev–Trinajstić information content (AvgIpc) is 2.61. The summed E-state index contributed by atoms with van der Waals surface area (Å²) in [5, 5.41) is 20.7. The van der Waals surface area contributed by atoms with Crippen LogP contribution in [0.1, 0.15) is 73.9 Å². The number of hydrogen-bond acceptors (Lipinski definition) is 2. The Hall–Kier alpha value is -1.96. The SMILES string of the molecule is CCc1cc(C(C)c2cc(CC)c(O)c(CC)c2)cc(CC)c1O. The summed E-state index contributed by atoms with van der Waals surface area (Å²) < 4.78 is 0. The van der Waals surface area contributed by atoms with E-state index in [9.17, 15) is 10.2 Å². The predicted octanol–water partition coefficient (Wildman–Crippen LogP) is 5.50. The van der Waals surface area contributed by atoms with Crippen LogP contribution in [-0.4, -0.2) is 10.2 Å². The highest BCUT2D eigenvalue weighted by Crippen LogP contribution is 2.35. The molecule has 0 heterocycles. The van der Waals surface area contributed by atoms with Crippen molar-refractivity contribution in [3.63, 3.8) is 0 Å². The third kappa shape index (κ3) is 3.43. The molecule has 2 rings (SSSR count). The van der Waals surface area contributed by atoms with Crippen LogP contribution in [0, 0.1) is 0 Å². The van der Waals surface area contributed by atoms with Gasteiger partial charge in [0.1, 0.15) is 11.5 Å². The van der Waals surface area contributed by atoms with Gasteiger partial charge in [0, 0.05) is 5.92 Å². The van der Waals surface area contributed by atoms with Crippen LogP contribution in [0.2, 0.25) is 0 Å². The maximum absolute atomic E-state index is 10.3.